The van der Waals surface area contributed by atoms with Gasteiger partial charge in [0.25, 0.3) is 0 Å². The van der Waals surface area contributed by atoms with Crippen molar-refractivity contribution < 1.29 is 81.9 Å². The van der Waals surface area contributed by atoms with Crippen molar-refractivity contribution in [3.05, 3.63) is 96.1 Å². The molecule has 0 heterocycles. The zero-order valence-corrected chi connectivity index (χ0v) is 39.1. The molecule has 69 heavy (non-hydrogen) atoms. The first kappa shape index (κ1) is 57.6. The van der Waals surface area contributed by atoms with E-state index >= 15 is 0 Å². The number of ether oxygens (including phenoxy) is 6. The van der Waals surface area contributed by atoms with E-state index in [0.29, 0.717) is 55.1 Å². The van der Waals surface area contributed by atoms with Crippen molar-refractivity contribution in [2.24, 2.45) is 0 Å². The summed E-state index contributed by atoms with van der Waals surface area (Å²) in [6.45, 7) is 8.84. The van der Waals surface area contributed by atoms with E-state index in [2.05, 4.69) is 32.8 Å². The quantitative estimate of drug-likeness (QED) is 0.0281. The Morgan fingerprint density at radius 2 is 0.783 bits per heavy atom. The fourth-order valence-electron chi connectivity index (χ4n) is 6.57. The molecule has 0 aliphatic rings. The molecule has 0 aliphatic carbocycles. The highest BCUT2D eigenvalue weighted by atomic mass is 19.4. The molecule has 0 aromatic heterocycles. The molecule has 0 radical (unpaired) electrons. The molecule has 0 N–H and O–H groups in total. The van der Waals surface area contributed by atoms with E-state index in [0.717, 1.165) is 63.5 Å². The van der Waals surface area contributed by atoms with Crippen LogP contribution in [0.2, 0.25) is 0 Å². The van der Waals surface area contributed by atoms with Crippen LogP contribution < -0.4 is 18.9 Å². The van der Waals surface area contributed by atoms with Crippen LogP contribution in [-0.2, 0) is 9.47 Å². The van der Waals surface area contributed by atoms with E-state index in [-0.39, 0.29) is 24.0 Å². The van der Waals surface area contributed by atoms with Crippen LogP contribution in [-0.4, -0.2) is 50.1 Å². The van der Waals surface area contributed by atoms with Gasteiger partial charge in [-0.2, -0.15) is 35.1 Å². The topological polar surface area (TPSA) is 89.5 Å². The Bertz CT molecular complexity index is 2150. The minimum absolute atomic E-state index is 0.106. The normalized spacial score (nSPS) is 12.3. The van der Waals surface area contributed by atoms with Crippen LogP contribution in [0.5, 0.6) is 23.0 Å². The van der Waals surface area contributed by atoms with Gasteiger partial charge in [0.15, 0.2) is 23.1 Å². The third-order valence-corrected chi connectivity index (χ3v) is 10.4. The third-order valence-electron chi connectivity index (χ3n) is 10.4. The van der Waals surface area contributed by atoms with Crippen molar-refractivity contribution in [1.29, 1.82) is 0 Å². The van der Waals surface area contributed by atoms with E-state index in [9.17, 15) is 53.5 Å². The molecule has 382 valence electrons. The summed E-state index contributed by atoms with van der Waals surface area (Å²) in [7, 11) is 0. The Kier molecular flexibility index (Phi) is 24.5. The van der Waals surface area contributed by atoms with Gasteiger partial charge in [-0.15, -0.1) is 0 Å². The molecule has 0 saturated carbocycles. The lowest BCUT2D eigenvalue weighted by Crippen LogP contribution is -2.34. The summed E-state index contributed by atoms with van der Waals surface area (Å²) in [4.78, 5) is 23.6. The summed E-state index contributed by atoms with van der Waals surface area (Å²) in [5.74, 6) is -6.19. The van der Waals surface area contributed by atoms with Crippen molar-refractivity contribution in [3.8, 4) is 45.3 Å². The maximum Gasteiger partial charge on any atom is 0.514 e. The number of hydrogen-bond acceptors (Lipinski definition) is 8. The Hall–Kier alpha value is -5.68. The monoisotopic (exact) mass is 990 g/mol. The molecule has 2 atom stereocenters. The van der Waals surface area contributed by atoms with Gasteiger partial charge in [-0.25, -0.2) is 18.4 Å². The van der Waals surface area contributed by atoms with Crippen molar-refractivity contribution in [3.63, 3.8) is 0 Å². The molecule has 0 fully saturated rings. The van der Waals surface area contributed by atoms with Gasteiger partial charge in [-0.05, 0) is 98.2 Å². The number of halogens is 10. The summed E-state index contributed by atoms with van der Waals surface area (Å²) >= 11 is 0. The second-order valence-electron chi connectivity index (χ2n) is 16.0. The first-order chi connectivity index (χ1) is 32.8. The van der Waals surface area contributed by atoms with Crippen LogP contribution in [0.15, 0.2) is 72.8 Å². The standard InChI is InChI=1S/C26H31F5O4.C25H29F5O4/c1-3-5-7-9-17-33-19-13-11-18(12-14-19)20-15-16-21(24(28)23(20)27)34-25(32)35-22(26(29,30)31)10-8-6-4-2;1-3-5-7-8-16-32-18-12-10-17(11-13-18)19-14-15-20(23(27)22(19)26)33-24(31)34-21(9-6-4-2)25(28,29)30/h11-16,22H,3-10,17H2,1-2H3;10-15,21H,3-9,16H2,1-2H3. The van der Waals surface area contributed by atoms with Gasteiger partial charge in [0.2, 0.25) is 23.8 Å². The molecular weight excluding hydrogens is 931 g/mol. The van der Waals surface area contributed by atoms with Crippen LogP contribution in [0, 0.1) is 23.3 Å². The maximum atomic E-state index is 14.7. The molecule has 4 aromatic carbocycles. The Labute approximate surface area is 396 Å². The Balaban J connectivity index is 0.000000365. The molecule has 0 aliphatic heterocycles. The van der Waals surface area contributed by atoms with E-state index in [1.165, 1.54) is 12.1 Å². The van der Waals surface area contributed by atoms with E-state index in [1.54, 1.807) is 55.5 Å². The summed E-state index contributed by atoms with van der Waals surface area (Å²) in [6.07, 6.45) is -8.30. The maximum absolute atomic E-state index is 14.7. The average molecular weight is 991 g/mol. The van der Waals surface area contributed by atoms with Crippen molar-refractivity contribution in [1.82, 2.24) is 0 Å². The number of carbonyl (C=O) groups excluding carboxylic acids is 2. The fraction of sp³-hybridized carbons (Fsp3) is 0.490. The van der Waals surface area contributed by atoms with Gasteiger partial charge in [-0.1, -0.05) is 110 Å². The summed E-state index contributed by atoms with van der Waals surface area (Å²) in [5, 5.41) is 0. The molecule has 4 aromatic rings. The summed E-state index contributed by atoms with van der Waals surface area (Å²) in [5.41, 5.74) is 0.483. The van der Waals surface area contributed by atoms with Crippen molar-refractivity contribution in [2.45, 2.75) is 149 Å². The highest BCUT2D eigenvalue weighted by molar-refractivity contribution is 5.70. The van der Waals surface area contributed by atoms with Crippen LogP contribution in [0.4, 0.5) is 53.5 Å². The molecule has 0 amide bonds. The van der Waals surface area contributed by atoms with Gasteiger partial charge in [0, 0.05) is 11.1 Å². The summed E-state index contributed by atoms with van der Waals surface area (Å²) < 4.78 is 166. The largest absolute Gasteiger partial charge is 0.514 e. The van der Waals surface area contributed by atoms with Gasteiger partial charge >= 0.3 is 24.7 Å². The van der Waals surface area contributed by atoms with Crippen LogP contribution >= 0.6 is 0 Å². The van der Waals surface area contributed by atoms with Crippen molar-refractivity contribution >= 4 is 12.3 Å². The van der Waals surface area contributed by atoms with E-state index in [4.69, 9.17) is 9.47 Å². The highest BCUT2D eigenvalue weighted by Crippen LogP contribution is 2.34. The molecule has 0 bridgehead atoms. The molecule has 4 rings (SSSR count). The van der Waals surface area contributed by atoms with Crippen LogP contribution in [0.1, 0.15) is 124 Å². The second kappa shape index (κ2) is 29.4. The number of carbonyl (C=O) groups is 2. The predicted molar refractivity (Wildman–Crippen MR) is 240 cm³/mol. The lowest BCUT2D eigenvalue weighted by molar-refractivity contribution is -0.208. The molecule has 8 nitrogen and oxygen atoms in total. The smallest absolute Gasteiger partial charge is 0.494 e. The molecular formula is C51H60F10O8. The third kappa shape index (κ3) is 19.7. The Morgan fingerprint density at radius 1 is 0.435 bits per heavy atom. The number of rotatable bonds is 25. The first-order valence-corrected chi connectivity index (χ1v) is 23.2. The molecule has 0 spiro atoms. The lowest BCUT2D eigenvalue weighted by Gasteiger charge is -2.20. The molecule has 2 unspecified atom stereocenters. The van der Waals surface area contributed by atoms with Gasteiger partial charge in [-0.3, -0.25) is 0 Å². The van der Waals surface area contributed by atoms with Crippen molar-refractivity contribution in [2.75, 3.05) is 13.2 Å². The second-order valence-corrected chi connectivity index (χ2v) is 16.0. The number of alkyl halides is 6. The number of hydrogen-bond donors (Lipinski definition) is 0. The molecule has 18 heteroatoms. The van der Waals surface area contributed by atoms with Crippen LogP contribution in [0.3, 0.4) is 0 Å². The zero-order valence-electron chi connectivity index (χ0n) is 39.1. The number of unbranched alkanes of at least 4 members (excludes halogenated alkanes) is 9. The minimum Gasteiger partial charge on any atom is -0.494 e. The highest BCUT2D eigenvalue weighted by Gasteiger charge is 2.44. The summed E-state index contributed by atoms with van der Waals surface area (Å²) in [6, 6.07) is 17.0. The first-order valence-electron chi connectivity index (χ1n) is 23.2. The molecule has 0 saturated heterocycles. The van der Waals surface area contributed by atoms with Gasteiger partial charge in [0.1, 0.15) is 11.5 Å². The predicted octanol–water partition coefficient (Wildman–Crippen LogP) is 16.8. The van der Waals surface area contributed by atoms with Gasteiger partial charge < -0.3 is 28.4 Å². The minimum atomic E-state index is -4.80. The zero-order chi connectivity index (χ0) is 51.0. The Morgan fingerprint density at radius 3 is 1.13 bits per heavy atom. The van der Waals surface area contributed by atoms with E-state index in [1.807, 2.05) is 6.92 Å². The number of benzene rings is 4. The fourth-order valence-corrected chi connectivity index (χ4v) is 6.57. The van der Waals surface area contributed by atoms with E-state index < -0.39 is 84.5 Å². The average Bonchev–Trinajstić information content (AvgIpc) is 3.30. The lowest BCUT2D eigenvalue weighted by atomic mass is 10.0. The van der Waals surface area contributed by atoms with Gasteiger partial charge in [0.05, 0.1) is 13.2 Å². The SMILES string of the molecule is CCCCCCOc1ccc(-c2ccc(OC(=O)OC(CCCC)C(F)(F)F)c(F)c2F)cc1.CCCCCCOc1ccc(-c2ccc(OC(=O)OC(CCCCC)C(F)(F)F)c(F)c2F)cc1. The van der Waals surface area contributed by atoms with Crippen LogP contribution in [0.25, 0.3) is 22.3 Å².